The third-order valence-electron chi connectivity index (χ3n) is 6.47. The van der Waals surface area contributed by atoms with Crippen LogP contribution in [0.2, 0.25) is 0 Å². The fraction of sp³-hybridized carbons (Fsp3) is 0.400. The van der Waals surface area contributed by atoms with Crippen molar-refractivity contribution in [1.29, 1.82) is 0 Å². The molecular weight excluding hydrogens is 475 g/mol. The molecule has 2 fully saturated rings. The molecule has 0 radical (unpaired) electrons. The van der Waals surface area contributed by atoms with Gasteiger partial charge in [0.1, 0.15) is 17.5 Å². The second-order valence-corrected chi connectivity index (χ2v) is 9.13. The predicted octanol–water partition coefficient (Wildman–Crippen LogP) is 3.20. The standard InChI is InChI=1S/C25H28F3N5O3/c26-16-2-6-21(7-3-16)31-25(36)33-11-1-10-32(24(35)15-12-17(27)14-18(28)13-15)23(33)22(34)30-20-8-4-19(29)5-9-20/h2-3,6-7,12-14,19-20,23H,1,4-5,8-11,29H2,(H,30,34)(H,31,36). The van der Waals surface area contributed by atoms with Crippen molar-refractivity contribution in [1.82, 2.24) is 15.1 Å². The Morgan fingerprint density at radius 1 is 0.833 bits per heavy atom. The maximum atomic E-state index is 13.8. The zero-order valence-corrected chi connectivity index (χ0v) is 19.6. The number of nitrogens with one attached hydrogen (secondary N) is 2. The lowest BCUT2D eigenvalue weighted by molar-refractivity contribution is -0.133. The molecule has 36 heavy (non-hydrogen) atoms. The molecule has 1 saturated heterocycles. The fourth-order valence-corrected chi connectivity index (χ4v) is 4.64. The first-order valence-electron chi connectivity index (χ1n) is 11.9. The van der Waals surface area contributed by atoms with E-state index in [1.807, 2.05) is 0 Å². The van der Waals surface area contributed by atoms with Crippen molar-refractivity contribution in [3.05, 3.63) is 65.5 Å². The lowest BCUT2D eigenvalue weighted by Gasteiger charge is -2.43. The molecule has 8 nitrogen and oxygen atoms in total. The highest BCUT2D eigenvalue weighted by Gasteiger charge is 2.41. The summed E-state index contributed by atoms with van der Waals surface area (Å²) in [5, 5.41) is 5.53. The molecule has 2 aromatic carbocycles. The summed E-state index contributed by atoms with van der Waals surface area (Å²) in [6.07, 6.45) is 1.76. The number of hydrogen-bond acceptors (Lipinski definition) is 4. The minimum atomic E-state index is -1.35. The molecule has 192 valence electrons. The van der Waals surface area contributed by atoms with E-state index < -0.39 is 41.5 Å². The van der Waals surface area contributed by atoms with Crippen LogP contribution in [0.1, 0.15) is 42.5 Å². The van der Waals surface area contributed by atoms with E-state index >= 15 is 0 Å². The minimum absolute atomic E-state index is 0.0618. The summed E-state index contributed by atoms with van der Waals surface area (Å²) in [5.41, 5.74) is 5.99. The molecule has 1 unspecified atom stereocenters. The zero-order valence-electron chi connectivity index (χ0n) is 19.6. The molecule has 2 aromatic rings. The van der Waals surface area contributed by atoms with Crippen LogP contribution < -0.4 is 16.4 Å². The van der Waals surface area contributed by atoms with Crippen molar-refractivity contribution in [3.63, 3.8) is 0 Å². The van der Waals surface area contributed by atoms with Crippen LogP contribution >= 0.6 is 0 Å². The van der Waals surface area contributed by atoms with Crippen molar-refractivity contribution < 1.29 is 27.6 Å². The quantitative estimate of drug-likeness (QED) is 0.596. The van der Waals surface area contributed by atoms with Crippen LogP contribution in [0.4, 0.5) is 23.7 Å². The van der Waals surface area contributed by atoms with Crippen LogP contribution in [0, 0.1) is 17.5 Å². The molecule has 4 N–H and O–H groups in total. The Balaban J connectivity index is 1.60. The lowest BCUT2D eigenvalue weighted by atomic mass is 9.91. The number of benzene rings is 2. The van der Waals surface area contributed by atoms with E-state index in [4.69, 9.17) is 5.73 Å². The fourth-order valence-electron chi connectivity index (χ4n) is 4.64. The maximum Gasteiger partial charge on any atom is 0.323 e. The van der Waals surface area contributed by atoms with E-state index in [2.05, 4.69) is 10.6 Å². The van der Waals surface area contributed by atoms with E-state index in [0.717, 1.165) is 29.9 Å². The van der Waals surface area contributed by atoms with Gasteiger partial charge in [-0.05, 0) is 68.5 Å². The number of carbonyl (C=O) groups is 3. The molecule has 1 atom stereocenters. The third kappa shape index (κ3) is 5.96. The van der Waals surface area contributed by atoms with Gasteiger partial charge < -0.3 is 21.3 Å². The highest BCUT2D eigenvalue weighted by Crippen LogP contribution is 2.23. The molecule has 4 rings (SSSR count). The molecule has 0 spiro atoms. The minimum Gasteiger partial charge on any atom is -0.350 e. The Hall–Kier alpha value is -3.60. The SMILES string of the molecule is NC1CCC(NC(=O)C2N(C(=O)Nc3ccc(F)cc3)CCCN2C(=O)c2cc(F)cc(F)c2)CC1. The van der Waals surface area contributed by atoms with Crippen LogP contribution in [-0.2, 0) is 4.79 Å². The molecular formula is C25H28F3N5O3. The van der Waals surface area contributed by atoms with Crippen LogP contribution in [0.5, 0.6) is 0 Å². The Kier molecular flexibility index (Phi) is 7.78. The Bertz CT molecular complexity index is 1100. The summed E-state index contributed by atoms with van der Waals surface area (Å²) in [4.78, 5) is 42.3. The van der Waals surface area contributed by atoms with Gasteiger partial charge >= 0.3 is 6.03 Å². The summed E-state index contributed by atoms with van der Waals surface area (Å²) in [7, 11) is 0. The lowest BCUT2D eigenvalue weighted by Crippen LogP contribution is -2.65. The summed E-state index contributed by atoms with van der Waals surface area (Å²) >= 11 is 0. The third-order valence-corrected chi connectivity index (χ3v) is 6.47. The topological polar surface area (TPSA) is 108 Å². The summed E-state index contributed by atoms with van der Waals surface area (Å²) in [5.74, 6) is -3.69. The number of anilines is 1. The summed E-state index contributed by atoms with van der Waals surface area (Å²) in [6.45, 7) is 0.257. The van der Waals surface area contributed by atoms with Gasteiger partial charge in [0.15, 0.2) is 6.17 Å². The largest absolute Gasteiger partial charge is 0.350 e. The van der Waals surface area contributed by atoms with Crippen molar-refractivity contribution in [2.45, 2.75) is 50.4 Å². The molecule has 11 heteroatoms. The first-order valence-corrected chi connectivity index (χ1v) is 11.9. The molecule has 1 heterocycles. The van der Waals surface area contributed by atoms with E-state index in [1.165, 1.54) is 29.2 Å². The van der Waals surface area contributed by atoms with Gasteiger partial charge in [0.2, 0.25) is 0 Å². The van der Waals surface area contributed by atoms with Gasteiger partial charge in [0.05, 0.1) is 0 Å². The zero-order chi connectivity index (χ0) is 25.8. The smallest absolute Gasteiger partial charge is 0.323 e. The van der Waals surface area contributed by atoms with Crippen molar-refractivity contribution in [2.75, 3.05) is 18.4 Å². The van der Waals surface area contributed by atoms with Crippen molar-refractivity contribution >= 4 is 23.5 Å². The van der Waals surface area contributed by atoms with Crippen LogP contribution in [0.3, 0.4) is 0 Å². The number of hydrogen-bond donors (Lipinski definition) is 3. The number of urea groups is 1. The Labute approximate surface area is 206 Å². The van der Waals surface area contributed by atoms with E-state index in [9.17, 15) is 27.6 Å². The highest BCUT2D eigenvalue weighted by atomic mass is 19.1. The van der Waals surface area contributed by atoms with Crippen LogP contribution in [0.25, 0.3) is 0 Å². The maximum absolute atomic E-state index is 13.8. The van der Waals surface area contributed by atoms with Gasteiger partial charge in [-0.15, -0.1) is 0 Å². The molecule has 1 aliphatic carbocycles. The monoisotopic (exact) mass is 503 g/mol. The summed E-state index contributed by atoms with van der Waals surface area (Å²) < 4.78 is 40.9. The number of carbonyl (C=O) groups excluding carboxylic acids is 3. The van der Waals surface area contributed by atoms with Crippen molar-refractivity contribution in [2.24, 2.45) is 5.73 Å². The molecule has 0 bridgehead atoms. The highest BCUT2D eigenvalue weighted by molar-refractivity contribution is 6.00. The van der Waals surface area contributed by atoms with Gasteiger partial charge in [-0.1, -0.05) is 0 Å². The Morgan fingerprint density at radius 2 is 1.44 bits per heavy atom. The van der Waals surface area contributed by atoms with Gasteiger partial charge in [0.25, 0.3) is 11.8 Å². The second-order valence-electron chi connectivity index (χ2n) is 9.13. The van der Waals surface area contributed by atoms with E-state index in [0.29, 0.717) is 31.0 Å². The van der Waals surface area contributed by atoms with Crippen molar-refractivity contribution in [3.8, 4) is 0 Å². The van der Waals surface area contributed by atoms with E-state index in [1.54, 1.807) is 0 Å². The number of amides is 4. The number of rotatable bonds is 4. The second kappa shape index (κ2) is 11.0. The number of nitrogens with zero attached hydrogens (tertiary/aromatic N) is 2. The van der Waals surface area contributed by atoms with Crippen LogP contribution in [0.15, 0.2) is 42.5 Å². The average molecular weight is 504 g/mol. The first-order chi connectivity index (χ1) is 17.2. The van der Waals surface area contributed by atoms with E-state index in [-0.39, 0.29) is 30.7 Å². The molecule has 0 aromatic heterocycles. The molecule has 2 aliphatic rings. The van der Waals surface area contributed by atoms with Crippen LogP contribution in [-0.4, -0.2) is 59.0 Å². The molecule has 4 amide bonds. The Morgan fingerprint density at radius 3 is 2.08 bits per heavy atom. The predicted molar refractivity (Wildman–Crippen MR) is 126 cm³/mol. The van der Waals surface area contributed by atoms with Gasteiger partial charge in [-0.25, -0.2) is 18.0 Å². The average Bonchev–Trinajstić information content (AvgIpc) is 2.85. The molecule has 1 saturated carbocycles. The molecule has 1 aliphatic heterocycles. The summed E-state index contributed by atoms with van der Waals surface area (Å²) in [6, 6.07) is 6.74. The van der Waals surface area contributed by atoms with Gasteiger partial charge in [0, 0.05) is 42.5 Å². The first kappa shape index (κ1) is 25.5. The number of halogens is 3. The van der Waals surface area contributed by atoms with Gasteiger partial charge in [-0.2, -0.15) is 0 Å². The number of nitrogens with two attached hydrogens (primary N) is 1. The normalized spacial score (nSPS) is 22.2. The van der Waals surface area contributed by atoms with Gasteiger partial charge in [-0.3, -0.25) is 14.5 Å².